The molecule has 6 nitrogen and oxygen atoms in total. The normalized spacial score (nSPS) is 21.3. The minimum absolute atomic E-state index is 0.0351. The quantitative estimate of drug-likeness (QED) is 0.828. The maximum absolute atomic E-state index is 12.6. The summed E-state index contributed by atoms with van der Waals surface area (Å²) >= 11 is 0. The molecule has 1 aromatic carbocycles. The highest BCUT2D eigenvalue weighted by molar-refractivity contribution is 5.99. The van der Waals surface area contributed by atoms with Crippen molar-refractivity contribution < 1.29 is 19.1 Å². The van der Waals surface area contributed by atoms with Crippen LogP contribution in [0.15, 0.2) is 18.2 Å². The summed E-state index contributed by atoms with van der Waals surface area (Å²) in [5.41, 5.74) is 2.17. The van der Waals surface area contributed by atoms with Gasteiger partial charge in [0.25, 0.3) is 0 Å². The predicted molar refractivity (Wildman–Crippen MR) is 93.4 cm³/mol. The van der Waals surface area contributed by atoms with E-state index in [-0.39, 0.29) is 30.1 Å². The molecule has 1 N–H and O–H groups in total. The first-order valence-corrected chi connectivity index (χ1v) is 8.81. The second kappa shape index (κ2) is 7.25. The van der Waals surface area contributed by atoms with E-state index >= 15 is 0 Å². The Morgan fingerprint density at radius 2 is 2.08 bits per heavy atom. The van der Waals surface area contributed by atoms with Crippen LogP contribution in [0.3, 0.4) is 0 Å². The largest absolute Gasteiger partial charge is 0.465 e. The van der Waals surface area contributed by atoms with Crippen molar-refractivity contribution in [3.8, 4) is 0 Å². The zero-order valence-electron chi connectivity index (χ0n) is 14.7. The number of anilines is 1. The van der Waals surface area contributed by atoms with Gasteiger partial charge in [0.15, 0.2) is 0 Å². The second-order valence-electron chi connectivity index (χ2n) is 6.80. The summed E-state index contributed by atoms with van der Waals surface area (Å²) in [5.74, 6) is 0.214. The third-order valence-electron chi connectivity index (χ3n) is 5.04. The van der Waals surface area contributed by atoms with Crippen molar-refractivity contribution in [3.05, 3.63) is 29.3 Å². The molecule has 1 aliphatic carbocycles. The van der Waals surface area contributed by atoms with Gasteiger partial charge in [0, 0.05) is 31.1 Å². The van der Waals surface area contributed by atoms with Crippen LogP contribution in [0.2, 0.25) is 0 Å². The van der Waals surface area contributed by atoms with Crippen LogP contribution in [0, 0.1) is 11.8 Å². The minimum atomic E-state index is -0.378. The molecule has 0 saturated heterocycles. The molecule has 3 rings (SSSR count). The van der Waals surface area contributed by atoms with Crippen molar-refractivity contribution in [2.24, 2.45) is 11.8 Å². The van der Waals surface area contributed by atoms with Gasteiger partial charge in [0.05, 0.1) is 12.7 Å². The van der Waals surface area contributed by atoms with Crippen molar-refractivity contribution in [1.29, 1.82) is 0 Å². The Kier molecular flexibility index (Phi) is 5.06. The van der Waals surface area contributed by atoms with Gasteiger partial charge in [-0.05, 0) is 42.9 Å². The van der Waals surface area contributed by atoms with Crippen LogP contribution in [-0.4, -0.2) is 38.0 Å². The molecule has 1 heterocycles. The highest BCUT2D eigenvalue weighted by atomic mass is 16.5. The fourth-order valence-electron chi connectivity index (χ4n) is 3.43. The number of carbonyl (C=O) groups excluding carboxylic acids is 3. The summed E-state index contributed by atoms with van der Waals surface area (Å²) in [6.45, 7) is 3.03. The number of hydrogen-bond donors (Lipinski definition) is 1. The third kappa shape index (κ3) is 3.67. The highest BCUT2D eigenvalue weighted by Gasteiger charge is 2.38. The van der Waals surface area contributed by atoms with E-state index in [0.29, 0.717) is 24.6 Å². The molecule has 1 fully saturated rings. The van der Waals surface area contributed by atoms with Gasteiger partial charge in [-0.25, -0.2) is 4.79 Å². The molecule has 0 spiro atoms. The zero-order chi connectivity index (χ0) is 18.0. The molecule has 25 heavy (non-hydrogen) atoms. The lowest BCUT2D eigenvalue weighted by atomic mass is 9.96. The van der Waals surface area contributed by atoms with Crippen molar-refractivity contribution in [2.75, 3.05) is 25.1 Å². The van der Waals surface area contributed by atoms with E-state index in [0.717, 1.165) is 30.5 Å². The first-order valence-electron chi connectivity index (χ1n) is 8.81. The van der Waals surface area contributed by atoms with Gasteiger partial charge in [0.1, 0.15) is 0 Å². The Hall–Kier alpha value is -2.37. The molecule has 0 bridgehead atoms. The molecule has 2 atom stereocenters. The molecule has 1 saturated carbocycles. The van der Waals surface area contributed by atoms with E-state index in [1.807, 2.05) is 6.07 Å². The fraction of sp³-hybridized carbons (Fsp3) is 0.526. The topological polar surface area (TPSA) is 75.7 Å². The van der Waals surface area contributed by atoms with E-state index in [2.05, 4.69) is 12.2 Å². The van der Waals surface area contributed by atoms with E-state index in [4.69, 9.17) is 4.74 Å². The predicted octanol–water partition coefficient (Wildman–Crippen LogP) is 1.91. The number of fused-ring (bicyclic) bond motifs is 1. The van der Waals surface area contributed by atoms with Gasteiger partial charge >= 0.3 is 5.97 Å². The fourth-order valence-corrected chi connectivity index (χ4v) is 3.43. The number of carbonyl (C=O) groups is 3. The minimum Gasteiger partial charge on any atom is -0.465 e. The van der Waals surface area contributed by atoms with Gasteiger partial charge in [-0.3, -0.25) is 9.59 Å². The monoisotopic (exact) mass is 344 g/mol. The Morgan fingerprint density at radius 3 is 2.76 bits per heavy atom. The molecular formula is C19H24N2O4. The van der Waals surface area contributed by atoms with Gasteiger partial charge in [-0.1, -0.05) is 13.0 Å². The molecule has 134 valence electrons. The number of esters is 1. The summed E-state index contributed by atoms with van der Waals surface area (Å²) in [4.78, 5) is 38.1. The smallest absolute Gasteiger partial charge is 0.338 e. The molecule has 0 aromatic heterocycles. The average molecular weight is 344 g/mol. The Morgan fingerprint density at radius 1 is 1.32 bits per heavy atom. The Labute approximate surface area is 147 Å². The lowest BCUT2D eigenvalue weighted by Gasteiger charge is -2.30. The molecule has 6 heteroatoms. The molecule has 0 unspecified atom stereocenters. The van der Waals surface area contributed by atoms with Gasteiger partial charge in [0.2, 0.25) is 11.8 Å². The van der Waals surface area contributed by atoms with Crippen LogP contribution in [0.4, 0.5) is 5.69 Å². The highest BCUT2D eigenvalue weighted by Crippen LogP contribution is 2.37. The number of amides is 2. The van der Waals surface area contributed by atoms with Crippen molar-refractivity contribution >= 4 is 23.5 Å². The van der Waals surface area contributed by atoms with Crippen LogP contribution < -0.4 is 10.2 Å². The molecule has 1 aromatic rings. The number of benzene rings is 1. The average Bonchev–Trinajstić information content (AvgIpc) is 3.36. The number of nitrogens with one attached hydrogen (secondary N) is 1. The van der Waals surface area contributed by atoms with Crippen LogP contribution in [0.1, 0.15) is 42.1 Å². The third-order valence-corrected chi connectivity index (χ3v) is 5.04. The van der Waals surface area contributed by atoms with Crippen LogP contribution in [-0.2, 0) is 20.7 Å². The van der Waals surface area contributed by atoms with Crippen LogP contribution >= 0.6 is 0 Å². The van der Waals surface area contributed by atoms with Crippen molar-refractivity contribution in [1.82, 2.24) is 5.32 Å². The van der Waals surface area contributed by atoms with E-state index in [1.54, 1.807) is 17.0 Å². The zero-order valence-corrected chi connectivity index (χ0v) is 14.7. The maximum atomic E-state index is 12.6. The Bertz CT molecular complexity index is 701. The molecule has 2 aliphatic rings. The number of nitrogens with zero attached hydrogens (tertiary/aromatic N) is 1. The number of hydrogen-bond acceptors (Lipinski definition) is 4. The number of methoxy groups -OCH3 is 1. The SMILES string of the molecule is COC(=O)c1cccc2c1CCCN2C(=O)CCNC(=O)[C@@H]1C[C@H]1C. The lowest BCUT2D eigenvalue weighted by molar-refractivity contribution is -0.122. The molecule has 1 aliphatic heterocycles. The molecule has 2 amide bonds. The maximum Gasteiger partial charge on any atom is 0.338 e. The second-order valence-corrected chi connectivity index (χ2v) is 6.80. The van der Waals surface area contributed by atoms with Gasteiger partial charge < -0.3 is 15.0 Å². The van der Waals surface area contributed by atoms with Crippen LogP contribution in [0.5, 0.6) is 0 Å². The first-order chi connectivity index (χ1) is 12.0. The molecular weight excluding hydrogens is 320 g/mol. The first kappa shape index (κ1) is 17.5. The van der Waals surface area contributed by atoms with E-state index in [1.165, 1.54) is 7.11 Å². The Balaban J connectivity index is 1.65. The van der Waals surface area contributed by atoms with Crippen molar-refractivity contribution in [3.63, 3.8) is 0 Å². The van der Waals surface area contributed by atoms with Crippen molar-refractivity contribution in [2.45, 2.75) is 32.6 Å². The summed E-state index contributed by atoms with van der Waals surface area (Å²) in [6.07, 6.45) is 2.75. The van der Waals surface area contributed by atoms with Gasteiger partial charge in [-0.2, -0.15) is 0 Å². The molecule has 0 radical (unpaired) electrons. The lowest BCUT2D eigenvalue weighted by Crippen LogP contribution is -2.38. The summed E-state index contributed by atoms with van der Waals surface area (Å²) in [7, 11) is 1.36. The van der Waals surface area contributed by atoms with E-state index in [9.17, 15) is 14.4 Å². The standard InChI is InChI=1S/C19H24N2O4/c1-12-11-15(12)18(23)20-9-8-17(22)21-10-4-6-13-14(19(24)25-2)5-3-7-16(13)21/h3,5,7,12,15H,4,6,8-11H2,1-2H3,(H,20,23)/t12-,15-/m1/s1. The summed E-state index contributed by atoms with van der Waals surface area (Å²) < 4.78 is 4.84. The van der Waals surface area contributed by atoms with E-state index < -0.39 is 0 Å². The number of ether oxygens (including phenoxy) is 1. The summed E-state index contributed by atoms with van der Waals surface area (Å²) in [6, 6.07) is 5.37. The van der Waals surface area contributed by atoms with Gasteiger partial charge in [-0.15, -0.1) is 0 Å². The summed E-state index contributed by atoms with van der Waals surface area (Å²) in [5, 5.41) is 2.85. The number of rotatable bonds is 5. The van der Waals surface area contributed by atoms with Crippen LogP contribution in [0.25, 0.3) is 0 Å².